The average molecular weight is 290 g/mol. The number of ketones is 1. The number of hydrogen-bond donors (Lipinski definition) is 0. The van der Waals surface area contributed by atoms with Gasteiger partial charge in [-0.05, 0) is 13.0 Å². The Kier molecular flexibility index (Phi) is 4.69. The van der Waals surface area contributed by atoms with E-state index in [0.29, 0.717) is 0 Å². The Morgan fingerprint density at radius 2 is 2.00 bits per heavy atom. The molecule has 8 heteroatoms. The molecule has 20 heavy (non-hydrogen) atoms. The molecule has 0 atom stereocenters. The lowest BCUT2D eigenvalue weighted by Gasteiger charge is -2.22. The van der Waals surface area contributed by atoms with Crippen molar-refractivity contribution in [2.75, 3.05) is 18.5 Å². The van der Waals surface area contributed by atoms with Crippen molar-refractivity contribution in [2.45, 2.75) is 19.5 Å². The normalized spacial score (nSPS) is 11.2. The summed E-state index contributed by atoms with van der Waals surface area (Å²) in [5.74, 6) is -0.442. The molecule has 5 nitrogen and oxygen atoms in total. The van der Waals surface area contributed by atoms with Crippen LogP contribution in [-0.2, 0) is 0 Å². The van der Waals surface area contributed by atoms with Gasteiger partial charge in [0.15, 0.2) is 5.78 Å². The minimum absolute atomic E-state index is 0.0314. The van der Waals surface area contributed by atoms with E-state index < -0.39 is 23.3 Å². The van der Waals surface area contributed by atoms with Gasteiger partial charge in [-0.3, -0.25) is 14.9 Å². The second-order valence-corrected chi connectivity index (χ2v) is 4.30. The summed E-state index contributed by atoms with van der Waals surface area (Å²) in [4.78, 5) is 22.7. The van der Waals surface area contributed by atoms with Crippen LogP contribution in [0.4, 0.5) is 24.5 Å². The summed E-state index contributed by atoms with van der Waals surface area (Å²) in [5, 5.41) is 10.6. The Hall–Kier alpha value is -2.12. The maximum atomic E-state index is 12.2. The van der Waals surface area contributed by atoms with Crippen molar-refractivity contribution in [2.24, 2.45) is 0 Å². The molecule has 0 amide bonds. The van der Waals surface area contributed by atoms with Gasteiger partial charge in [0.2, 0.25) is 0 Å². The maximum Gasteiger partial charge on any atom is 0.390 e. The molecule has 0 N–H and O–H groups in total. The molecule has 0 radical (unpaired) electrons. The summed E-state index contributed by atoms with van der Waals surface area (Å²) in [7, 11) is 1.40. The molecule has 0 unspecified atom stereocenters. The summed E-state index contributed by atoms with van der Waals surface area (Å²) >= 11 is 0. The highest BCUT2D eigenvalue weighted by molar-refractivity contribution is 6.00. The number of halogens is 3. The first-order valence-corrected chi connectivity index (χ1v) is 5.69. The van der Waals surface area contributed by atoms with Gasteiger partial charge in [-0.2, -0.15) is 13.2 Å². The number of alkyl halides is 3. The van der Waals surface area contributed by atoms with Crippen molar-refractivity contribution < 1.29 is 22.9 Å². The number of rotatable bonds is 5. The zero-order valence-corrected chi connectivity index (χ0v) is 10.9. The molecular weight excluding hydrogens is 277 g/mol. The Labute approximate surface area is 113 Å². The van der Waals surface area contributed by atoms with Crippen molar-refractivity contribution in [3.8, 4) is 0 Å². The minimum Gasteiger partial charge on any atom is -0.374 e. The van der Waals surface area contributed by atoms with E-state index in [1.807, 2.05) is 0 Å². The van der Waals surface area contributed by atoms with Crippen LogP contribution >= 0.6 is 0 Å². The van der Waals surface area contributed by atoms with E-state index in [9.17, 15) is 28.1 Å². The lowest BCUT2D eigenvalue weighted by molar-refractivity contribution is -0.384. The predicted molar refractivity (Wildman–Crippen MR) is 67.0 cm³/mol. The Bertz CT molecular complexity index is 529. The van der Waals surface area contributed by atoms with Crippen LogP contribution < -0.4 is 4.90 Å². The van der Waals surface area contributed by atoms with E-state index in [0.717, 1.165) is 12.1 Å². The van der Waals surface area contributed by atoms with Crippen LogP contribution in [-0.4, -0.2) is 30.5 Å². The van der Waals surface area contributed by atoms with Crippen molar-refractivity contribution in [1.29, 1.82) is 0 Å². The number of hydrogen-bond acceptors (Lipinski definition) is 4. The molecule has 0 saturated carbocycles. The van der Waals surface area contributed by atoms with E-state index in [1.54, 1.807) is 0 Å². The molecule has 1 aromatic carbocycles. The number of carbonyl (C=O) groups excluding carboxylic acids is 1. The molecule has 1 aromatic rings. The summed E-state index contributed by atoms with van der Waals surface area (Å²) in [6, 6.07) is 3.51. The van der Waals surface area contributed by atoms with Crippen LogP contribution in [0.25, 0.3) is 0 Å². The fourth-order valence-corrected chi connectivity index (χ4v) is 1.67. The Balaban J connectivity index is 3.05. The van der Waals surface area contributed by atoms with Gasteiger partial charge in [0.1, 0.15) is 0 Å². The summed E-state index contributed by atoms with van der Waals surface area (Å²) in [6.45, 7) is 0.877. The van der Waals surface area contributed by atoms with Crippen LogP contribution in [0.1, 0.15) is 23.7 Å². The highest BCUT2D eigenvalue weighted by Crippen LogP contribution is 2.27. The topological polar surface area (TPSA) is 63.4 Å². The number of non-ortho nitro benzene ring substituents is 1. The molecule has 0 heterocycles. The number of nitro groups is 1. The van der Waals surface area contributed by atoms with E-state index in [2.05, 4.69) is 0 Å². The molecule has 0 aliphatic carbocycles. The number of Topliss-reactive ketones (excluding diaryl/α,β-unsaturated/α-hetero) is 1. The van der Waals surface area contributed by atoms with Crippen molar-refractivity contribution in [3.63, 3.8) is 0 Å². The van der Waals surface area contributed by atoms with Crippen molar-refractivity contribution in [3.05, 3.63) is 33.9 Å². The van der Waals surface area contributed by atoms with E-state index in [1.165, 1.54) is 24.9 Å². The number of nitrogens with zero attached hydrogens (tertiary/aromatic N) is 2. The standard InChI is InChI=1S/C12H13F3N2O3/c1-8(18)10-7-9(17(19)20)3-4-11(10)16(2)6-5-12(13,14)15/h3-4,7H,5-6H2,1-2H3. The largest absolute Gasteiger partial charge is 0.390 e. The third-order valence-electron chi connectivity index (χ3n) is 2.71. The molecule has 0 aliphatic rings. The van der Waals surface area contributed by atoms with Crippen LogP contribution in [0.15, 0.2) is 18.2 Å². The van der Waals surface area contributed by atoms with Gasteiger partial charge in [0, 0.05) is 37.0 Å². The molecule has 110 valence electrons. The summed E-state index contributed by atoms with van der Waals surface area (Å²) < 4.78 is 36.5. The average Bonchev–Trinajstić information content (AvgIpc) is 2.34. The van der Waals surface area contributed by atoms with Crippen LogP contribution in [0.5, 0.6) is 0 Å². The summed E-state index contributed by atoms with van der Waals surface area (Å²) in [5.41, 5.74) is -0.000559. The fraction of sp³-hybridized carbons (Fsp3) is 0.417. The predicted octanol–water partition coefficient (Wildman–Crippen LogP) is 3.19. The molecule has 0 aromatic heterocycles. The highest BCUT2D eigenvalue weighted by atomic mass is 19.4. The number of anilines is 1. The first-order chi connectivity index (χ1) is 9.11. The quantitative estimate of drug-likeness (QED) is 0.474. The molecule has 0 fully saturated rings. The van der Waals surface area contributed by atoms with Gasteiger partial charge in [-0.15, -0.1) is 0 Å². The smallest absolute Gasteiger partial charge is 0.374 e. The van der Waals surface area contributed by atoms with E-state index in [-0.39, 0.29) is 23.5 Å². The van der Waals surface area contributed by atoms with Crippen LogP contribution in [0.3, 0.4) is 0 Å². The van der Waals surface area contributed by atoms with Gasteiger partial charge in [0.25, 0.3) is 5.69 Å². The van der Waals surface area contributed by atoms with Gasteiger partial charge >= 0.3 is 6.18 Å². The third kappa shape index (κ3) is 4.22. The zero-order chi connectivity index (χ0) is 15.5. The van der Waals surface area contributed by atoms with Gasteiger partial charge in [-0.25, -0.2) is 0 Å². The zero-order valence-electron chi connectivity index (χ0n) is 10.9. The van der Waals surface area contributed by atoms with Crippen molar-refractivity contribution >= 4 is 17.2 Å². The maximum absolute atomic E-state index is 12.2. The molecular formula is C12H13F3N2O3. The number of carbonyl (C=O) groups is 1. The molecule has 1 rings (SSSR count). The molecule has 0 spiro atoms. The molecule has 0 aliphatic heterocycles. The third-order valence-corrected chi connectivity index (χ3v) is 2.71. The van der Waals surface area contributed by atoms with E-state index >= 15 is 0 Å². The van der Waals surface area contributed by atoms with Gasteiger partial charge in [0.05, 0.1) is 11.3 Å². The Morgan fingerprint density at radius 3 is 2.45 bits per heavy atom. The van der Waals surface area contributed by atoms with Gasteiger partial charge in [-0.1, -0.05) is 0 Å². The lowest BCUT2D eigenvalue weighted by Crippen LogP contribution is -2.25. The Morgan fingerprint density at radius 1 is 1.40 bits per heavy atom. The summed E-state index contributed by atoms with van der Waals surface area (Å²) in [6.07, 6.45) is -5.33. The number of benzene rings is 1. The molecule has 0 bridgehead atoms. The van der Waals surface area contributed by atoms with Crippen LogP contribution in [0.2, 0.25) is 0 Å². The fourth-order valence-electron chi connectivity index (χ4n) is 1.67. The first-order valence-electron chi connectivity index (χ1n) is 5.69. The minimum atomic E-state index is -4.30. The second-order valence-electron chi connectivity index (χ2n) is 4.30. The lowest BCUT2D eigenvalue weighted by atomic mass is 10.1. The van der Waals surface area contributed by atoms with E-state index in [4.69, 9.17) is 0 Å². The SMILES string of the molecule is CC(=O)c1cc([N+](=O)[O-])ccc1N(C)CCC(F)(F)F. The van der Waals surface area contributed by atoms with Crippen LogP contribution in [0, 0.1) is 10.1 Å². The molecule has 0 saturated heterocycles. The van der Waals surface area contributed by atoms with Crippen molar-refractivity contribution in [1.82, 2.24) is 0 Å². The van der Waals surface area contributed by atoms with Gasteiger partial charge < -0.3 is 4.90 Å². The number of nitro benzene ring substituents is 1. The highest BCUT2D eigenvalue weighted by Gasteiger charge is 2.28. The first kappa shape index (κ1) is 15.9. The second kappa shape index (κ2) is 5.89. The monoisotopic (exact) mass is 290 g/mol.